The van der Waals surface area contributed by atoms with Crippen molar-refractivity contribution in [1.82, 2.24) is 15.3 Å². The third-order valence-corrected chi connectivity index (χ3v) is 3.55. The van der Waals surface area contributed by atoms with Gasteiger partial charge in [0, 0.05) is 35.5 Å². The maximum absolute atomic E-state index is 10.7. The molecular weight excluding hydrogens is 266 g/mol. The highest BCUT2D eigenvalue weighted by molar-refractivity contribution is 5.89. The molecule has 3 aromatic rings. The van der Waals surface area contributed by atoms with Crippen molar-refractivity contribution in [3.05, 3.63) is 54.0 Å². The number of hydrogen-bond acceptors (Lipinski definition) is 2. The number of fused-ring (bicyclic) bond motifs is 1. The Hall–Kier alpha value is -2.82. The second-order valence-electron chi connectivity index (χ2n) is 4.88. The number of hydrogen-bond donors (Lipinski definition) is 3. The highest BCUT2D eigenvalue weighted by Gasteiger charge is 2.10. The lowest BCUT2D eigenvalue weighted by Gasteiger charge is -2.03. The first-order valence-electron chi connectivity index (χ1n) is 6.63. The molecule has 0 atom stereocenters. The molecule has 0 aliphatic carbocycles. The predicted octanol–water partition coefficient (Wildman–Crippen LogP) is 3.31. The van der Waals surface area contributed by atoms with Crippen LogP contribution < -0.4 is 5.32 Å². The second-order valence-corrected chi connectivity index (χ2v) is 4.88. The average molecular weight is 281 g/mol. The lowest BCUT2D eigenvalue weighted by Crippen LogP contribution is -2.20. The Morgan fingerprint density at radius 1 is 1.24 bits per heavy atom. The molecule has 106 valence electrons. The van der Waals surface area contributed by atoms with Crippen molar-refractivity contribution in [2.24, 2.45) is 0 Å². The van der Waals surface area contributed by atoms with Crippen LogP contribution in [-0.4, -0.2) is 21.2 Å². The zero-order valence-electron chi connectivity index (χ0n) is 11.6. The van der Waals surface area contributed by atoms with Gasteiger partial charge in [-0.3, -0.25) is 4.98 Å². The van der Waals surface area contributed by atoms with Gasteiger partial charge < -0.3 is 15.4 Å². The highest BCUT2D eigenvalue weighted by Crippen LogP contribution is 2.27. The molecule has 1 aromatic carbocycles. The summed E-state index contributed by atoms with van der Waals surface area (Å²) in [6.07, 6.45) is 2.51. The number of aromatic amines is 1. The van der Waals surface area contributed by atoms with Crippen molar-refractivity contribution < 1.29 is 9.90 Å². The van der Waals surface area contributed by atoms with Gasteiger partial charge in [0.15, 0.2) is 0 Å². The van der Waals surface area contributed by atoms with Crippen molar-refractivity contribution in [3.63, 3.8) is 0 Å². The number of aryl methyl sites for hydroxylation is 1. The number of H-pyrrole nitrogens is 1. The number of aromatic nitrogens is 2. The Morgan fingerprint density at radius 3 is 2.71 bits per heavy atom. The molecule has 0 unspecified atom stereocenters. The minimum atomic E-state index is -1.02. The molecule has 5 nitrogen and oxygen atoms in total. The minimum Gasteiger partial charge on any atom is -0.465 e. The number of carbonyl (C=O) groups is 1. The van der Waals surface area contributed by atoms with Gasteiger partial charge in [0.2, 0.25) is 0 Å². The molecular formula is C16H15N3O2. The number of nitrogens with zero attached hydrogens (tertiary/aromatic N) is 1. The zero-order valence-corrected chi connectivity index (χ0v) is 11.6. The topological polar surface area (TPSA) is 78.0 Å². The van der Waals surface area contributed by atoms with E-state index in [0.29, 0.717) is 6.54 Å². The van der Waals surface area contributed by atoms with E-state index in [9.17, 15) is 4.79 Å². The molecule has 2 aromatic heterocycles. The third kappa shape index (κ3) is 2.58. The fraction of sp³-hybridized carbons (Fsp3) is 0.125. The highest BCUT2D eigenvalue weighted by atomic mass is 16.4. The summed E-state index contributed by atoms with van der Waals surface area (Å²) in [6, 6.07) is 10.1. The standard InChI is InChI=1S/C16H15N3O2/c1-10-14(9-18-16(20)21)13-3-2-12(8-15(13)19-10)11-4-6-17-7-5-11/h2-8,18-19H,9H2,1H3,(H,20,21). The summed E-state index contributed by atoms with van der Waals surface area (Å²) in [5.41, 5.74) is 5.16. The van der Waals surface area contributed by atoms with Crippen molar-refractivity contribution in [3.8, 4) is 11.1 Å². The zero-order chi connectivity index (χ0) is 14.8. The summed E-state index contributed by atoms with van der Waals surface area (Å²) in [5, 5.41) is 12.2. The molecule has 0 saturated carbocycles. The van der Waals surface area contributed by atoms with Crippen LogP contribution in [0.3, 0.4) is 0 Å². The van der Waals surface area contributed by atoms with Crippen LogP contribution in [0, 0.1) is 6.92 Å². The van der Waals surface area contributed by atoms with Crippen LogP contribution in [0.2, 0.25) is 0 Å². The van der Waals surface area contributed by atoms with E-state index in [1.54, 1.807) is 12.4 Å². The van der Waals surface area contributed by atoms with Gasteiger partial charge in [-0.25, -0.2) is 4.79 Å². The molecule has 0 radical (unpaired) electrons. The lowest BCUT2D eigenvalue weighted by molar-refractivity contribution is 0.194. The fourth-order valence-corrected chi connectivity index (χ4v) is 2.51. The number of amides is 1. The molecule has 3 N–H and O–H groups in total. The molecule has 1 amide bonds. The first-order valence-corrected chi connectivity index (χ1v) is 6.63. The molecule has 0 fully saturated rings. The second kappa shape index (κ2) is 5.28. The van der Waals surface area contributed by atoms with Gasteiger partial charge in [-0.2, -0.15) is 0 Å². The van der Waals surface area contributed by atoms with Crippen LogP contribution >= 0.6 is 0 Å². The van der Waals surface area contributed by atoms with Gasteiger partial charge in [-0.1, -0.05) is 12.1 Å². The van der Waals surface area contributed by atoms with E-state index in [0.717, 1.165) is 33.3 Å². The van der Waals surface area contributed by atoms with E-state index in [1.165, 1.54) is 0 Å². The predicted molar refractivity (Wildman–Crippen MR) is 81.1 cm³/mol. The van der Waals surface area contributed by atoms with E-state index in [1.807, 2.05) is 31.2 Å². The Balaban J connectivity index is 2.02. The first kappa shape index (κ1) is 13.2. The number of nitrogens with one attached hydrogen (secondary N) is 2. The van der Waals surface area contributed by atoms with Crippen LogP contribution in [0.15, 0.2) is 42.7 Å². The molecule has 0 spiro atoms. The van der Waals surface area contributed by atoms with E-state index in [-0.39, 0.29) is 0 Å². The molecule has 21 heavy (non-hydrogen) atoms. The minimum absolute atomic E-state index is 0.301. The van der Waals surface area contributed by atoms with Gasteiger partial charge in [-0.15, -0.1) is 0 Å². The summed E-state index contributed by atoms with van der Waals surface area (Å²) in [5.74, 6) is 0. The van der Waals surface area contributed by atoms with Crippen LogP contribution in [0.1, 0.15) is 11.3 Å². The number of benzene rings is 1. The van der Waals surface area contributed by atoms with E-state index in [2.05, 4.69) is 21.4 Å². The van der Waals surface area contributed by atoms with Crippen molar-refractivity contribution >= 4 is 17.0 Å². The van der Waals surface area contributed by atoms with Gasteiger partial charge >= 0.3 is 6.09 Å². The lowest BCUT2D eigenvalue weighted by atomic mass is 10.0. The van der Waals surface area contributed by atoms with Gasteiger partial charge in [-0.05, 0) is 41.8 Å². The van der Waals surface area contributed by atoms with Crippen LogP contribution in [0.25, 0.3) is 22.0 Å². The van der Waals surface area contributed by atoms with E-state index in [4.69, 9.17) is 5.11 Å². The molecule has 5 heteroatoms. The Labute approximate surface area is 121 Å². The van der Waals surface area contributed by atoms with Gasteiger partial charge in [0.25, 0.3) is 0 Å². The van der Waals surface area contributed by atoms with Crippen LogP contribution in [0.4, 0.5) is 4.79 Å². The van der Waals surface area contributed by atoms with Gasteiger partial charge in [0.05, 0.1) is 0 Å². The Kier molecular flexibility index (Phi) is 3.31. The molecule has 0 saturated heterocycles. The van der Waals surface area contributed by atoms with Crippen LogP contribution in [0.5, 0.6) is 0 Å². The van der Waals surface area contributed by atoms with E-state index >= 15 is 0 Å². The third-order valence-electron chi connectivity index (χ3n) is 3.55. The average Bonchev–Trinajstić information content (AvgIpc) is 2.80. The largest absolute Gasteiger partial charge is 0.465 e. The van der Waals surface area contributed by atoms with Crippen molar-refractivity contribution in [1.29, 1.82) is 0 Å². The van der Waals surface area contributed by atoms with E-state index < -0.39 is 6.09 Å². The van der Waals surface area contributed by atoms with Crippen LogP contribution in [-0.2, 0) is 6.54 Å². The molecule has 3 rings (SSSR count). The summed E-state index contributed by atoms with van der Waals surface area (Å²) in [7, 11) is 0. The number of carboxylic acid groups (broad SMARTS) is 1. The number of rotatable bonds is 3. The Bertz CT molecular complexity index is 794. The quantitative estimate of drug-likeness (QED) is 0.689. The fourth-order valence-electron chi connectivity index (χ4n) is 2.51. The number of pyridine rings is 1. The smallest absolute Gasteiger partial charge is 0.404 e. The monoisotopic (exact) mass is 281 g/mol. The first-order chi connectivity index (χ1) is 10.1. The molecule has 0 bridgehead atoms. The summed E-state index contributed by atoms with van der Waals surface area (Å²) < 4.78 is 0. The van der Waals surface area contributed by atoms with Crippen molar-refractivity contribution in [2.75, 3.05) is 0 Å². The molecule has 0 aliphatic heterocycles. The molecule has 2 heterocycles. The van der Waals surface area contributed by atoms with Gasteiger partial charge in [0.1, 0.15) is 0 Å². The Morgan fingerprint density at radius 2 is 2.00 bits per heavy atom. The van der Waals surface area contributed by atoms with Crippen molar-refractivity contribution in [2.45, 2.75) is 13.5 Å². The normalized spacial score (nSPS) is 10.7. The SMILES string of the molecule is Cc1[nH]c2cc(-c3ccncc3)ccc2c1CNC(=O)O. The summed E-state index contributed by atoms with van der Waals surface area (Å²) in [6.45, 7) is 2.25. The molecule has 0 aliphatic rings. The maximum atomic E-state index is 10.7. The summed E-state index contributed by atoms with van der Waals surface area (Å²) in [4.78, 5) is 18.0. The maximum Gasteiger partial charge on any atom is 0.404 e. The summed E-state index contributed by atoms with van der Waals surface area (Å²) >= 11 is 0.